The maximum Gasteiger partial charge on any atom is 0.252 e. The van der Waals surface area contributed by atoms with Crippen LogP contribution in [0.25, 0.3) is 0 Å². The molecule has 0 unspecified atom stereocenters. The number of thiophene rings is 1. The normalized spacial score (nSPS) is 17.4. The summed E-state index contributed by atoms with van der Waals surface area (Å²) in [5, 5.41) is 3.12. The van der Waals surface area contributed by atoms with Crippen molar-refractivity contribution in [2.24, 2.45) is 0 Å². The second kappa shape index (κ2) is 5.36. The summed E-state index contributed by atoms with van der Waals surface area (Å²) in [5.41, 5.74) is 0. The van der Waals surface area contributed by atoms with Crippen molar-refractivity contribution in [3.8, 4) is 0 Å². The Morgan fingerprint density at radius 2 is 2.24 bits per heavy atom. The first-order chi connectivity index (χ1) is 8.05. The third-order valence-corrected chi connectivity index (χ3v) is 6.77. The van der Waals surface area contributed by atoms with Crippen LogP contribution in [-0.4, -0.2) is 38.4 Å². The number of rotatable bonds is 5. The van der Waals surface area contributed by atoms with Gasteiger partial charge in [0.05, 0.1) is 9.83 Å². The smallest absolute Gasteiger partial charge is 0.252 e. The molecule has 0 spiro atoms. The fourth-order valence-electron chi connectivity index (χ4n) is 1.75. The molecule has 0 radical (unpaired) electrons. The summed E-state index contributed by atoms with van der Waals surface area (Å²) in [4.78, 5) is 0. The molecule has 2 rings (SSSR count). The fourth-order valence-corrected chi connectivity index (χ4v) is 5.60. The zero-order valence-corrected chi connectivity index (χ0v) is 12.7. The average Bonchev–Trinajstić information content (AvgIpc) is 2.62. The number of nitrogens with zero attached hydrogens (tertiary/aromatic N) is 1. The van der Waals surface area contributed by atoms with Crippen LogP contribution in [0.1, 0.15) is 13.3 Å². The van der Waals surface area contributed by atoms with Crippen molar-refractivity contribution in [3.05, 3.63) is 15.9 Å². The predicted molar refractivity (Wildman–Crippen MR) is 72.9 cm³/mol. The number of hydrogen-bond acceptors (Lipinski definition) is 4. The Hall–Kier alpha value is 0.0500. The van der Waals surface area contributed by atoms with E-state index in [0.717, 1.165) is 23.3 Å². The SMILES string of the molecule is CCCN(C1CNC1)S(=O)(=O)c1ccc(Br)s1. The van der Waals surface area contributed by atoms with Gasteiger partial charge in [0.1, 0.15) is 4.21 Å². The summed E-state index contributed by atoms with van der Waals surface area (Å²) < 4.78 is 27.8. The standard InChI is InChI=1S/C10H15BrN2O2S2/c1-2-5-13(8-6-12-7-8)17(14,15)10-4-3-9(11)16-10/h3-4,8,12H,2,5-7H2,1H3. The Kier molecular flexibility index (Phi) is 4.25. The van der Waals surface area contributed by atoms with E-state index in [1.54, 1.807) is 16.4 Å². The van der Waals surface area contributed by atoms with Crippen LogP contribution in [0.5, 0.6) is 0 Å². The molecule has 2 heterocycles. The summed E-state index contributed by atoms with van der Waals surface area (Å²) in [6.45, 7) is 4.10. The van der Waals surface area contributed by atoms with Crippen molar-refractivity contribution in [1.29, 1.82) is 0 Å². The molecule has 1 aromatic heterocycles. The van der Waals surface area contributed by atoms with E-state index < -0.39 is 10.0 Å². The topological polar surface area (TPSA) is 49.4 Å². The highest BCUT2D eigenvalue weighted by Gasteiger charge is 2.34. The van der Waals surface area contributed by atoms with Crippen LogP contribution in [0.3, 0.4) is 0 Å². The largest absolute Gasteiger partial charge is 0.313 e. The van der Waals surface area contributed by atoms with Crippen LogP contribution in [-0.2, 0) is 10.0 Å². The quantitative estimate of drug-likeness (QED) is 0.891. The molecule has 1 N–H and O–H groups in total. The van der Waals surface area contributed by atoms with E-state index in [4.69, 9.17) is 0 Å². The van der Waals surface area contributed by atoms with Crippen LogP contribution in [0, 0.1) is 0 Å². The highest BCUT2D eigenvalue weighted by molar-refractivity contribution is 9.11. The molecule has 0 bridgehead atoms. The molecule has 1 fully saturated rings. The molecule has 7 heteroatoms. The minimum Gasteiger partial charge on any atom is -0.313 e. The predicted octanol–water partition coefficient (Wildman–Crippen LogP) is 1.88. The second-order valence-electron chi connectivity index (χ2n) is 3.99. The van der Waals surface area contributed by atoms with E-state index in [-0.39, 0.29) is 6.04 Å². The number of nitrogens with one attached hydrogen (secondary N) is 1. The lowest BCUT2D eigenvalue weighted by Gasteiger charge is -2.36. The molecule has 1 aliphatic rings. The van der Waals surface area contributed by atoms with Gasteiger partial charge in [0.2, 0.25) is 0 Å². The highest BCUT2D eigenvalue weighted by atomic mass is 79.9. The molecule has 0 atom stereocenters. The minimum atomic E-state index is -3.32. The maximum absolute atomic E-state index is 12.5. The molecule has 1 saturated heterocycles. The zero-order valence-electron chi connectivity index (χ0n) is 9.52. The molecule has 0 amide bonds. The molecule has 0 saturated carbocycles. The van der Waals surface area contributed by atoms with Gasteiger partial charge in [-0.15, -0.1) is 11.3 Å². The molecule has 4 nitrogen and oxygen atoms in total. The van der Waals surface area contributed by atoms with Crippen molar-refractivity contribution in [1.82, 2.24) is 9.62 Å². The van der Waals surface area contributed by atoms with Crippen molar-refractivity contribution >= 4 is 37.3 Å². The number of halogens is 1. The van der Waals surface area contributed by atoms with Crippen LogP contribution in [0.4, 0.5) is 0 Å². The second-order valence-corrected chi connectivity index (χ2v) is 8.57. The van der Waals surface area contributed by atoms with Crippen LogP contribution in [0.15, 0.2) is 20.1 Å². The van der Waals surface area contributed by atoms with Gasteiger partial charge in [0.25, 0.3) is 10.0 Å². The van der Waals surface area contributed by atoms with Gasteiger partial charge >= 0.3 is 0 Å². The summed E-state index contributed by atoms with van der Waals surface area (Å²) >= 11 is 4.57. The third kappa shape index (κ3) is 2.73. The molecular weight excluding hydrogens is 324 g/mol. The summed E-state index contributed by atoms with van der Waals surface area (Å²) in [6.07, 6.45) is 0.836. The Morgan fingerprint density at radius 3 is 2.65 bits per heavy atom. The molecule has 1 aliphatic heterocycles. The van der Waals surface area contributed by atoms with Crippen LogP contribution < -0.4 is 5.32 Å². The number of sulfonamides is 1. The van der Waals surface area contributed by atoms with Gasteiger partial charge in [0, 0.05) is 19.6 Å². The van der Waals surface area contributed by atoms with Gasteiger partial charge in [0.15, 0.2) is 0 Å². The Bertz CT molecular complexity index is 482. The third-order valence-electron chi connectivity index (χ3n) is 2.72. The van der Waals surface area contributed by atoms with E-state index in [1.165, 1.54) is 11.3 Å². The molecular formula is C10H15BrN2O2S2. The van der Waals surface area contributed by atoms with E-state index >= 15 is 0 Å². The van der Waals surface area contributed by atoms with Gasteiger partial charge in [-0.1, -0.05) is 6.92 Å². The van der Waals surface area contributed by atoms with E-state index in [2.05, 4.69) is 21.2 Å². The summed E-state index contributed by atoms with van der Waals surface area (Å²) in [5.74, 6) is 0. The van der Waals surface area contributed by atoms with E-state index in [9.17, 15) is 8.42 Å². The molecule has 1 aromatic rings. The lowest BCUT2D eigenvalue weighted by Crippen LogP contribution is -2.58. The Morgan fingerprint density at radius 1 is 1.53 bits per heavy atom. The van der Waals surface area contributed by atoms with E-state index in [0.29, 0.717) is 10.8 Å². The van der Waals surface area contributed by atoms with Gasteiger partial charge in [-0.3, -0.25) is 0 Å². The summed E-state index contributed by atoms with van der Waals surface area (Å²) in [7, 11) is -3.32. The maximum atomic E-state index is 12.5. The van der Waals surface area contributed by atoms with Gasteiger partial charge in [-0.25, -0.2) is 8.42 Å². The van der Waals surface area contributed by atoms with Crippen molar-refractivity contribution in [3.63, 3.8) is 0 Å². The molecule has 0 aromatic carbocycles. The highest BCUT2D eigenvalue weighted by Crippen LogP contribution is 2.29. The Labute approximate surface area is 114 Å². The van der Waals surface area contributed by atoms with Crippen LogP contribution >= 0.6 is 27.3 Å². The zero-order chi connectivity index (χ0) is 12.5. The Balaban J connectivity index is 2.27. The van der Waals surface area contributed by atoms with Gasteiger partial charge in [-0.05, 0) is 34.5 Å². The van der Waals surface area contributed by atoms with Gasteiger partial charge in [-0.2, -0.15) is 4.31 Å². The first kappa shape index (κ1) is 13.5. The molecule has 17 heavy (non-hydrogen) atoms. The lowest BCUT2D eigenvalue weighted by atomic mass is 10.2. The number of hydrogen-bond donors (Lipinski definition) is 1. The van der Waals surface area contributed by atoms with Crippen LogP contribution in [0.2, 0.25) is 0 Å². The average molecular weight is 339 g/mol. The van der Waals surface area contributed by atoms with Gasteiger partial charge < -0.3 is 5.32 Å². The lowest BCUT2D eigenvalue weighted by molar-refractivity contribution is 0.242. The van der Waals surface area contributed by atoms with Crippen molar-refractivity contribution in [2.75, 3.05) is 19.6 Å². The molecule has 96 valence electrons. The van der Waals surface area contributed by atoms with Crippen molar-refractivity contribution in [2.45, 2.75) is 23.6 Å². The molecule has 0 aliphatic carbocycles. The minimum absolute atomic E-state index is 0.112. The fraction of sp³-hybridized carbons (Fsp3) is 0.600. The monoisotopic (exact) mass is 338 g/mol. The first-order valence-corrected chi connectivity index (χ1v) is 8.58. The first-order valence-electron chi connectivity index (χ1n) is 5.53. The summed E-state index contributed by atoms with van der Waals surface area (Å²) in [6, 6.07) is 3.56. The van der Waals surface area contributed by atoms with E-state index in [1.807, 2.05) is 6.92 Å². The van der Waals surface area contributed by atoms with Crippen molar-refractivity contribution < 1.29 is 8.42 Å².